The van der Waals surface area contributed by atoms with Gasteiger partial charge in [0.2, 0.25) is 0 Å². The monoisotopic (exact) mass is 222 g/mol. The van der Waals surface area contributed by atoms with Crippen molar-refractivity contribution < 1.29 is 4.74 Å². The Morgan fingerprint density at radius 3 is 2.81 bits per heavy atom. The highest BCUT2D eigenvalue weighted by molar-refractivity contribution is 5.26. The summed E-state index contributed by atoms with van der Waals surface area (Å²) in [5.41, 5.74) is 2.04. The van der Waals surface area contributed by atoms with Crippen molar-refractivity contribution in [1.29, 1.82) is 0 Å². The molecule has 16 heavy (non-hydrogen) atoms. The Morgan fingerprint density at radius 2 is 2.19 bits per heavy atom. The lowest BCUT2D eigenvalue weighted by atomic mass is 10.1. The molecule has 0 amide bonds. The van der Waals surface area contributed by atoms with E-state index in [0.29, 0.717) is 5.92 Å². The topological polar surface area (TPSA) is 34.1 Å². The predicted molar refractivity (Wildman–Crippen MR) is 66.7 cm³/mol. The van der Waals surface area contributed by atoms with E-state index < -0.39 is 0 Å². The van der Waals surface area contributed by atoms with Crippen molar-refractivity contribution in [3.8, 4) is 5.75 Å². The van der Waals surface area contributed by atoms with E-state index in [1.54, 1.807) is 7.11 Å². The summed E-state index contributed by atoms with van der Waals surface area (Å²) in [5.74, 6) is 1.60. The lowest BCUT2D eigenvalue weighted by molar-refractivity contribution is 0.412. The van der Waals surface area contributed by atoms with Gasteiger partial charge in [0.25, 0.3) is 0 Å². The van der Waals surface area contributed by atoms with Crippen molar-refractivity contribution >= 4 is 0 Å². The van der Waals surface area contributed by atoms with Crippen LogP contribution in [0.2, 0.25) is 0 Å². The fourth-order valence-corrected chi connectivity index (χ4v) is 1.50. The van der Waals surface area contributed by atoms with Crippen LogP contribution in [0.15, 0.2) is 12.1 Å². The Labute approximate surface area is 98.2 Å². The Hall–Kier alpha value is -1.09. The maximum Gasteiger partial charge on any atom is 0.122 e. The van der Waals surface area contributed by atoms with Gasteiger partial charge in [0.1, 0.15) is 5.75 Å². The zero-order valence-electron chi connectivity index (χ0n) is 10.7. The van der Waals surface area contributed by atoms with Crippen LogP contribution in [0.5, 0.6) is 5.75 Å². The SMILES string of the molecule is CCC(C)CNCc1cc(OC)cc(C)n1. The molecule has 0 radical (unpaired) electrons. The Balaban J connectivity index is 2.50. The number of aryl methyl sites for hydroxylation is 1. The molecule has 1 rings (SSSR count). The molecule has 0 spiro atoms. The molecule has 0 bridgehead atoms. The Bertz CT molecular complexity index is 326. The molecule has 1 unspecified atom stereocenters. The van der Waals surface area contributed by atoms with Gasteiger partial charge in [0.05, 0.1) is 12.8 Å². The van der Waals surface area contributed by atoms with Gasteiger partial charge < -0.3 is 10.1 Å². The Kier molecular flexibility index (Phi) is 5.26. The fourth-order valence-electron chi connectivity index (χ4n) is 1.50. The predicted octanol–water partition coefficient (Wildman–Crippen LogP) is 2.53. The van der Waals surface area contributed by atoms with Crippen molar-refractivity contribution in [2.45, 2.75) is 33.7 Å². The molecular formula is C13H22N2O. The van der Waals surface area contributed by atoms with Crippen molar-refractivity contribution in [1.82, 2.24) is 10.3 Å². The van der Waals surface area contributed by atoms with Gasteiger partial charge in [0, 0.05) is 24.4 Å². The largest absolute Gasteiger partial charge is 0.497 e. The molecule has 3 nitrogen and oxygen atoms in total. The third kappa shape index (κ3) is 4.19. The summed E-state index contributed by atoms with van der Waals surface area (Å²) in [5, 5.41) is 3.41. The van der Waals surface area contributed by atoms with Crippen LogP contribution in [0, 0.1) is 12.8 Å². The average Bonchev–Trinajstić information content (AvgIpc) is 2.28. The molecule has 0 aliphatic rings. The maximum atomic E-state index is 5.22. The van der Waals surface area contributed by atoms with Gasteiger partial charge in [0.15, 0.2) is 0 Å². The van der Waals surface area contributed by atoms with E-state index in [0.717, 1.165) is 30.2 Å². The van der Waals surface area contributed by atoms with E-state index in [4.69, 9.17) is 4.74 Å². The zero-order valence-corrected chi connectivity index (χ0v) is 10.7. The standard InChI is InChI=1S/C13H22N2O/c1-5-10(2)8-14-9-12-7-13(16-4)6-11(3)15-12/h6-7,10,14H,5,8-9H2,1-4H3. The van der Waals surface area contributed by atoms with Gasteiger partial charge >= 0.3 is 0 Å². The first-order valence-corrected chi connectivity index (χ1v) is 5.88. The number of methoxy groups -OCH3 is 1. The average molecular weight is 222 g/mol. The number of hydrogen-bond donors (Lipinski definition) is 1. The molecule has 1 aromatic heterocycles. The van der Waals surface area contributed by atoms with E-state index in [9.17, 15) is 0 Å². The zero-order chi connectivity index (χ0) is 12.0. The number of aromatic nitrogens is 1. The first-order chi connectivity index (χ1) is 7.65. The van der Waals surface area contributed by atoms with Crippen LogP contribution >= 0.6 is 0 Å². The number of pyridine rings is 1. The van der Waals surface area contributed by atoms with Gasteiger partial charge in [-0.25, -0.2) is 0 Å². The molecule has 0 aliphatic carbocycles. The molecule has 0 aliphatic heterocycles. The maximum absolute atomic E-state index is 5.22. The lowest BCUT2D eigenvalue weighted by Gasteiger charge is -2.10. The summed E-state index contributed by atoms with van der Waals surface area (Å²) in [7, 11) is 1.69. The molecule has 90 valence electrons. The number of ether oxygens (including phenoxy) is 1. The molecule has 0 saturated heterocycles. The summed E-state index contributed by atoms with van der Waals surface area (Å²) < 4.78 is 5.22. The minimum atomic E-state index is 0.715. The van der Waals surface area contributed by atoms with E-state index in [1.807, 2.05) is 19.1 Å². The van der Waals surface area contributed by atoms with Crippen LogP contribution in [0.1, 0.15) is 31.7 Å². The van der Waals surface area contributed by atoms with E-state index in [2.05, 4.69) is 24.1 Å². The van der Waals surface area contributed by atoms with E-state index in [-0.39, 0.29) is 0 Å². The van der Waals surface area contributed by atoms with Crippen LogP contribution in [0.4, 0.5) is 0 Å². The van der Waals surface area contributed by atoms with Crippen molar-refractivity contribution in [2.75, 3.05) is 13.7 Å². The first kappa shape index (κ1) is 13.0. The molecule has 1 N–H and O–H groups in total. The van der Waals surface area contributed by atoms with E-state index >= 15 is 0 Å². The molecule has 1 atom stereocenters. The normalized spacial score (nSPS) is 12.5. The van der Waals surface area contributed by atoms with Gasteiger partial charge in [-0.3, -0.25) is 4.98 Å². The smallest absolute Gasteiger partial charge is 0.122 e. The number of nitrogens with zero attached hydrogens (tertiary/aromatic N) is 1. The minimum absolute atomic E-state index is 0.715. The third-order valence-corrected chi connectivity index (χ3v) is 2.71. The van der Waals surface area contributed by atoms with Crippen LogP contribution in [-0.4, -0.2) is 18.6 Å². The quantitative estimate of drug-likeness (QED) is 0.803. The molecule has 0 aromatic carbocycles. The van der Waals surface area contributed by atoms with Crippen molar-refractivity contribution in [3.63, 3.8) is 0 Å². The number of hydrogen-bond acceptors (Lipinski definition) is 3. The van der Waals surface area contributed by atoms with E-state index in [1.165, 1.54) is 6.42 Å². The Morgan fingerprint density at radius 1 is 1.44 bits per heavy atom. The highest BCUT2D eigenvalue weighted by Gasteiger charge is 2.02. The van der Waals surface area contributed by atoms with Crippen molar-refractivity contribution in [3.05, 3.63) is 23.5 Å². The molecule has 0 fully saturated rings. The van der Waals surface area contributed by atoms with Gasteiger partial charge in [-0.1, -0.05) is 20.3 Å². The summed E-state index contributed by atoms with van der Waals surface area (Å²) in [6.07, 6.45) is 1.21. The van der Waals surface area contributed by atoms with Crippen molar-refractivity contribution in [2.24, 2.45) is 5.92 Å². The minimum Gasteiger partial charge on any atom is -0.497 e. The summed E-state index contributed by atoms with van der Waals surface area (Å²) in [6, 6.07) is 3.93. The van der Waals surface area contributed by atoms with Crippen LogP contribution in [0.25, 0.3) is 0 Å². The molecular weight excluding hydrogens is 200 g/mol. The van der Waals surface area contributed by atoms with Gasteiger partial charge in [-0.15, -0.1) is 0 Å². The highest BCUT2D eigenvalue weighted by Crippen LogP contribution is 2.13. The summed E-state index contributed by atoms with van der Waals surface area (Å²) in [6.45, 7) is 8.29. The molecule has 0 saturated carbocycles. The molecule has 1 aromatic rings. The fraction of sp³-hybridized carbons (Fsp3) is 0.615. The number of rotatable bonds is 6. The molecule has 1 heterocycles. The van der Waals surface area contributed by atoms with Crippen LogP contribution in [-0.2, 0) is 6.54 Å². The van der Waals surface area contributed by atoms with Gasteiger partial charge in [-0.05, 0) is 19.4 Å². The highest BCUT2D eigenvalue weighted by atomic mass is 16.5. The second-order valence-corrected chi connectivity index (χ2v) is 4.28. The number of nitrogens with one attached hydrogen (secondary N) is 1. The second-order valence-electron chi connectivity index (χ2n) is 4.28. The second kappa shape index (κ2) is 6.48. The van der Waals surface area contributed by atoms with Gasteiger partial charge in [-0.2, -0.15) is 0 Å². The van der Waals surface area contributed by atoms with Crippen LogP contribution < -0.4 is 10.1 Å². The molecule has 3 heteroatoms. The summed E-state index contributed by atoms with van der Waals surface area (Å²) >= 11 is 0. The third-order valence-electron chi connectivity index (χ3n) is 2.71. The lowest BCUT2D eigenvalue weighted by Crippen LogP contribution is -2.21. The van der Waals surface area contributed by atoms with Crippen LogP contribution in [0.3, 0.4) is 0 Å². The first-order valence-electron chi connectivity index (χ1n) is 5.88. The summed E-state index contributed by atoms with van der Waals surface area (Å²) in [4.78, 5) is 4.46.